The van der Waals surface area contributed by atoms with E-state index in [4.69, 9.17) is 0 Å². The van der Waals surface area contributed by atoms with Crippen molar-refractivity contribution in [3.05, 3.63) is 24.3 Å². The summed E-state index contributed by atoms with van der Waals surface area (Å²) in [4.78, 5) is 0. The molecule has 0 aromatic heterocycles. The summed E-state index contributed by atoms with van der Waals surface area (Å²) in [6.07, 6.45) is 10.0. The Morgan fingerprint density at radius 2 is 1.88 bits per heavy atom. The average Bonchev–Trinajstić information content (AvgIpc) is 1.76. The number of rotatable bonds is 0. The van der Waals surface area contributed by atoms with Crippen LogP contribution in [0.15, 0.2) is 18.2 Å². The fourth-order valence-corrected chi connectivity index (χ4v) is 0.340. The molecule has 0 atom stereocenters. The summed E-state index contributed by atoms with van der Waals surface area (Å²) >= 11 is 0. The molecule has 1 aliphatic rings. The molecule has 0 N–H and O–H groups in total. The summed E-state index contributed by atoms with van der Waals surface area (Å²) in [6.45, 7) is 0. The van der Waals surface area contributed by atoms with Crippen LogP contribution < -0.4 is 0 Å². The van der Waals surface area contributed by atoms with E-state index in [9.17, 15) is 0 Å². The fraction of sp³-hybridized carbons (Fsp3) is 0.200. The molecule has 8 heavy (non-hydrogen) atoms. The molecule has 0 heterocycles. The van der Waals surface area contributed by atoms with Crippen molar-refractivity contribution in [2.45, 2.75) is 6.42 Å². The first-order valence-corrected chi connectivity index (χ1v) is 1.72. The third-order valence-corrected chi connectivity index (χ3v) is 0.586. The molecular weight excluding hydrogens is 415 g/mol. The molecule has 0 bridgehead atoms. The molecule has 1 aliphatic carbocycles. The van der Waals surface area contributed by atoms with E-state index in [2.05, 4.69) is 12.2 Å². The van der Waals surface area contributed by atoms with Gasteiger partial charge in [0, 0.05) is 0 Å². The molecule has 0 aromatic carbocycles. The van der Waals surface area contributed by atoms with Crippen LogP contribution in [-0.4, -0.2) is 0 Å². The van der Waals surface area contributed by atoms with Crippen molar-refractivity contribution in [2.75, 3.05) is 0 Å². The molecule has 0 amide bonds. The van der Waals surface area contributed by atoms with E-state index in [1.807, 2.05) is 12.2 Å². The second kappa shape index (κ2) is 11.4. The normalized spacial score (nSPS) is 11.0. The molecule has 0 aromatic rings. The van der Waals surface area contributed by atoms with E-state index in [0.717, 1.165) is 6.42 Å². The zero-order valence-corrected chi connectivity index (χ0v) is 10.5. The maximum atomic E-state index is 2.99. The largest absolute Gasteiger partial charge is 1.00 e. The summed E-state index contributed by atoms with van der Waals surface area (Å²) in [5.41, 5.74) is 0. The van der Waals surface area contributed by atoms with Gasteiger partial charge < -0.3 is 0 Å². The summed E-state index contributed by atoms with van der Waals surface area (Å²) in [6, 6.07) is 0. The molecule has 1 rings (SSSR count). The third kappa shape index (κ3) is 7.56. The number of hydrogen-bond acceptors (Lipinski definition) is 0. The van der Waals surface area contributed by atoms with Crippen molar-refractivity contribution in [1.29, 1.82) is 0 Å². The molecule has 0 saturated carbocycles. The van der Waals surface area contributed by atoms with Crippen molar-refractivity contribution in [3.63, 3.8) is 0 Å². The van der Waals surface area contributed by atoms with Gasteiger partial charge in [-0.1, -0.05) is 0 Å². The van der Waals surface area contributed by atoms with Gasteiger partial charge in [-0.2, -0.15) is 6.08 Å². The first-order valence-electron chi connectivity index (χ1n) is 1.72. The van der Waals surface area contributed by atoms with Crippen LogP contribution in [-0.2, 0) is 19.5 Å². The SMILES string of the molecule is I.I.[C-]1=CC=CC1.[Ru+]. The zero-order valence-electron chi connectivity index (χ0n) is 4.11. The molecule has 0 unspecified atom stereocenters. The number of hydrogen-bond donors (Lipinski definition) is 0. The Morgan fingerprint density at radius 1 is 1.25 bits per heavy atom. The van der Waals surface area contributed by atoms with Gasteiger partial charge in [0.1, 0.15) is 0 Å². The van der Waals surface area contributed by atoms with Crippen LogP contribution in [0.2, 0.25) is 0 Å². The van der Waals surface area contributed by atoms with Crippen LogP contribution in [0.3, 0.4) is 0 Å². The molecule has 0 fully saturated rings. The molecule has 0 saturated heterocycles. The maximum absolute atomic E-state index is 2.99. The van der Waals surface area contributed by atoms with Gasteiger partial charge in [0.05, 0.1) is 0 Å². The summed E-state index contributed by atoms with van der Waals surface area (Å²) in [7, 11) is 0. The average molecular weight is 422 g/mol. The predicted octanol–water partition coefficient (Wildman–Crippen LogP) is 2.54. The molecule has 3 heteroatoms. The topological polar surface area (TPSA) is 0 Å². The quantitative estimate of drug-likeness (QED) is 0.320. The Kier molecular flexibility index (Phi) is 23.1. The van der Waals surface area contributed by atoms with E-state index in [1.165, 1.54) is 0 Å². The van der Waals surface area contributed by atoms with Crippen LogP contribution in [0.4, 0.5) is 0 Å². The summed E-state index contributed by atoms with van der Waals surface area (Å²) in [5, 5.41) is 0. The van der Waals surface area contributed by atoms with E-state index < -0.39 is 0 Å². The summed E-state index contributed by atoms with van der Waals surface area (Å²) in [5.74, 6) is 0. The van der Waals surface area contributed by atoms with Crippen LogP contribution in [0.1, 0.15) is 6.42 Å². The van der Waals surface area contributed by atoms with Gasteiger partial charge in [0.25, 0.3) is 0 Å². The second-order valence-corrected chi connectivity index (χ2v) is 1.00. The molecule has 0 aliphatic heterocycles. The minimum atomic E-state index is 0. The van der Waals surface area contributed by atoms with Crippen molar-refractivity contribution in [1.82, 2.24) is 0 Å². The standard InChI is InChI=1S/C5H5.2HI.Ru/c1-2-4-5-3-1;;;/h1-3H,4H2;2*1H;/q-1;;;+1. The Bertz CT molecular complexity index is 68.5. The number of halogens is 2. The minimum absolute atomic E-state index is 0. The van der Waals surface area contributed by atoms with Gasteiger partial charge in [0.2, 0.25) is 0 Å². The molecule has 1 radical (unpaired) electrons. The van der Waals surface area contributed by atoms with Crippen molar-refractivity contribution < 1.29 is 19.5 Å². The van der Waals surface area contributed by atoms with Crippen molar-refractivity contribution in [2.24, 2.45) is 0 Å². The summed E-state index contributed by atoms with van der Waals surface area (Å²) < 4.78 is 0. The Balaban J connectivity index is -0.0000000833. The van der Waals surface area contributed by atoms with Gasteiger partial charge in [-0.15, -0.1) is 54.4 Å². The van der Waals surface area contributed by atoms with Crippen molar-refractivity contribution >= 4 is 48.0 Å². The Labute approximate surface area is 97.0 Å². The maximum Gasteiger partial charge on any atom is 1.00 e. The van der Waals surface area contributed by atoms with E-state index >= 15 is 0 Å². The van der Waals surface area contributed by atoms with Crippen LogP contribution in [0.5, 0.6) is 0 Å². The van der Waals surface area contributed by atoms with Crippen LogP contribution in [0.25, 0.3) is 0 Å². The first-order chi connectivity index (χ1) is 2.50. The molecule has 49 valence electrons. The fourth-order valence-electron chi connectivity index (χ4n) is 0.340. The molecular formula is C5H7I2Ru. The zero-order chi connectivity index (χ0) is 3.54. The van der Waals surface area contributed by atoms with Gasteiger partial charge in [-0.05, 0) is 0 Å². The van der Waals surface area contributed by atoms with E-state index in [1.54, 1.807) is 0 Å². The van der Waals surface area contributed by atoms with Crippen molar-refractivity contribution in [3.8, 4) is 0 Å². The van der Waals surface area contributed by atoms with Crippen LogP contribution in [0, 0.1) is 6.08 Å². The van der Waals surface area contributed by atoms with E-state index in [0.29, 0.717) is 0 Å². The Morgan fingerprint density at radius 3 is 2.00 bits per heavy atom. The minimum Gasteiger partial charge on any atom is -0.273 e. The predicted molar refractivity (Wildman–Crippen MR) is 52.4 cm³/mol. The van der Waals surface area contributed by atoms with Gasteiger partial charge in [0.15, 0.2) is 0 Å². The van der Waals surface area contributed by atoms with Gasteiger partial charge in [-0.3, -0.25) is 6.08 Å². The van der Waals surface area contributed by atoms with Crippen LogP contribution >= 0.6 is 48.0 Å². The second-order valence-electron chi connectivity index (χ2n) is 1.00. The third-order valence-electron chi connectivity index (χ3n) is 0.586. The Hall–Kier alpha value is 1.56. The molecule has 0 spiro atoms. The van der Waals surface area contributed by atoms with Gasteiger partial charge >= 0.3 is 19.5 Å². The first kappa shape index (κ1) is 16.3. The smallest absolute Gasteiger partial charge is 0.273 e. The number of allylic oxidation sites excluding steroid dienone is 4. The van der Waals surface area contributed by atoms with E-state index in [-0.39, 0.29) is 67.4 Å². The molecule has 0 nitrogen and oxygen atoms in total. The van der Waals surface area contributed by atoms with Gasteiger partial charge in [-0.25, -0.2) is 12.2 Å². The monoisotopic (exact) mass is 423 g/mol.